The lowest BCUT2D eigenvalue weighted by Crippen LogP contribution is -2.21. The number of thiophene rings is 1. The third kappa shape index (κ3) is 4.60. The number of esters is 1. The molecule has 1 aromatic carbocycles. The molecule has 1 heterocycles. The van der Waals surface area contributed by atoms with Gasteiger partial charge in [0.25, 0.3) is 11.6 Å². The van der Waals surface area contributed by atoms with Gasteiger partial charge in [0.1, 0.15) is 10.7 Å². The van der Waals surface area contributed by atoms with Gasteiger partial charge in [-0.3, -0.25) is 14.9 Å². The number of non-ortho nitro benzene ring substituents is 1. The summed E-state index contributed by atoms with van der Waals surface area (Å²) in [6, 6.07) is 4.46. The molecule has 9 heteroatoms. The molecule has 0 radical (unpaired) electrons. The Bertz CT molecular complexity index is 834. The maximum atomic E-state index is 13.6. The first-order chi connectivity index (χ1) is 11.8. The van der Waals surface area contributed by atoms with Crippen LogP contribution in [0.2, 0.25) is 0 Å². The van der Waals surface area contributed by atoms with Gasteiger partial charge in [0, 0.05) is 17.0 Å². The molecule has 2 aromatic rings. The van der Waals surface area contributed by atoms with Crippen LogP contribution in [0.25, 0.3) is 0 Å². The zero-order chi connectivity index (χ0) is 18.6. The van der Waals surface area contributed by atoms with Crippen LogP contribution < -0.4 is 5.32 Å². The topological polar surface area (TPSA) is 98.5 Å². The van der Waals surface area contributed by atoms with Gasteiger partial charge in [-0.05, 0) is 31.0 Å². The fourth-order valence-electron chi connectivity index (χ4n) is 2.08. The summed E-state index contributed by atoms with van der Waals surface area (Å²) in [4.78, 5) is 35.1. The number of ether oxygens (including phenoxy) is 1. The molecular formula is C16H15FN2O5S. The molecule has 2 rings (SSSR count). The summed E-state index contributed by atoms with van der Waals surface area (Å²) in [6.45, 7) is 3.22. The molecule has 132 valence electrons. The molecule has 0 spiro atoms. The Kier molecular flexibility index (Phi) is 5.81. The first kappa shape index (κ1) is 18.5. The second-order valence-corrected chi connectivity index (χ2v) is 6.35. The Labute approximate surface area is 146 Å². The van der Waals surface area contributed by atoms with Gasteiger partial charge in [0.05, 0.1) is 10.6 Å². The van der Waals surface area contributed by atoms with E-state index in [0.717, 1.165) is 35.1 Å². The first-order valence-electron chi connectivity index (χ1n) is 7.32. The smallest absolute Gasteiger partial charge is 0.348 e. The van der Waals surface area contributed by atoms with E-state index in [9.17, 15) is 24.1 Å². The Hall–Kier alpha value is -2.81. The van der Waals surface area contributed by atoms with Crippen molar-refractivity contribution in [3.8, 4) is 0 Å². The maximum absolute atomic E-state index is 13.6. The molecule has 1 amide bonds. The van der Waals surface area contributed by atoms with Crippen molar-refractivity contribution in [3.05, 3.63) is 55.5 Å². The predicted octanol–water partition coefficient (Wildman–Crippen LogP) is 3.46. The van der Waals surface area contributed by atoms with E-state index in [1.165, 1.54) is 11.3 Å². The molecule has 0 saturated heterocycles. The van der Waals surface area contributed by atoms with Gasteiger partial charge in [-0.25, -0.2) is 9.18 Å². The van der Waals surface area contributed by atoms with E-state index in [-0.39, 0.29) is 11.4 Å². The molecule has 0 bridgehead atoms. The van der Waals surface area contributed by atoms with Crippen LogP contribution in [0.5, 0.6) is 0 Å². The van der Waals surface area contributed by atoms with Crippen LogP contribution in [-0.4, -0.2) is 23.4 Å². The van der Waals surface area contributed by atoms with Crippen molar-refractivity contribution in [2.75, 3.05) is 11.9 Å². The number of rotatable bonds is 6. The fourth-order valence-corrected chi connectivity index (χ4v) is 3.09. The van der Waals surface area contributed by atoms with Gasteiger partial charge in [0.2, 0.25) is 0 Å². The van der Waals surface area contributed by atoms with Crippen molar-refractivity contribution >= 4 is 34.6 Å². The Morgan fingerprint density at radius 3 is 2.68 bits per heavy atom. The van der Waals surface area contributed by atoms with Gasteiger partial charge in [-0.15, -0.1) is 11.3 Å². The molecule has 0 fully saturated rings. The van der Waals surface area contributed by atoms with Crippen LogP contribution in [0, 0.1) is 22.9 Å². The van der Waals surface area contributed by atoms with E-state index >= 15 is 0 Å². The van der Waals surface area contributed by atoms with Gasteiger partial charge < -0.3 is 10.1 Å². The maximum Gasteiger partial charge on any atom is 0.348 e. The summed E-state index contributed by atoms with van der Waals surface area (Å²) in [7, 11) is 0. The number of aryl methyl sites for hydroxylation is 2. The highest BCUT2D eigenvalue weighted by molar-refractivity contribution is 7.14. The van der Waals surface area contributed by atoms with Crippen molar-refractivity contribution in [2.45, 2.75) is 20.3 Å². The number of hydrogen-bond donors (Lipinski definition) is 1. The zero-order valence-corrected chi connectivity index (χ0v) is 14.3. The van der Waals surface area contributed by atoms with Crippen molar-refractivity contribution in [1.82, 2.24) is 0 Å². The van der Waals surface area contributed by atoms with Crippen LogP contribution in [0.15, 0.2) is 24.3 Å². The SMILES string of the molecule is CCc1cc(C(=O)OCC(=O)Nc2cc([N+](=O)[O-])ccc2F)sc1C. The molecule has 0 atom stereocenters. The molecule has 7 nitrogen and oxygen atoms in total. The minimum Gasteiger partial charge on any atom is -0.451 e. The van der Waals surface area contributed by atoms with Crippen molar-refractivity contribution in [3.63, 3.8) is 0 Å². The minimum absolute atomic E-state index is 0.351. The van der Waals surface area contributed by atoms with E-state index in [0.29, 0.717) is 4.88 Å². The minimum atomic E-state index is -0.827. The molecule has 25 heavy (non-hydrogen) atoms. The third-order valence-electron chi connectivity index (χ3n) is 3.37. The highest BCUT2D eigenvalue weighted by atomic mass is 32.1. The number of benzene rings is 1. The number of carbonyl (C=O) groups is 2. The van der Waals surface area contributed by atoms with Crippen LogP contribution in [0.4, 0.5) is 15.8 Å². The average Bonchev–Trinajstić information content (AvgIpc) is 2.95. The number of nitrogens with zero attached hydrogens (tertiary/aromatic N) is 1. The molecule has 1 aromatic heterocycles. The fraction of sp³-hybridized carbons (Fsp3) is 0.250. The van der Waals surface area contributed by atoms with Gasteiger partial charge in [-0.2, -0.15) is 0 Å². The van der Waals surface area contributed by atoms with E-state index < -0.39 is 29.2 Å². The van der Waals surface area contributed by atoms with Crippen LogP contribution in [0.3, 0.4) is 0 Å². The average molecular weight is 366 g/mol. The number of anilines is 1. The molecule has 0 saturated carbocycles. The quantitative estimate of drug-likeness (QED) is 0.479. The summed E-state index contributed by atoms with van der Waals surface area (Å²) >= 11 is 1.27. The van der Waals surface area contributed by atoms with Crippen molar-refractivity contribution in [2.24, 2.45) is 0 Å². The molecule has 1 N–H and O–H groups in total. The predicted molar refractivity (Wildman–Crippen MR) is 90.4 cm³/mol. The number of nitrogens with one attached hydrogen (secondary N) is 1. The lowest BCUT2D eigenvalue weighted by atomic mass is 10.2. The van der Waals surface area contributed by atoms with Crippen LogP contribution in [-0.2, 0) is 16.0 Å². The Morgan fingerprint density at radius 1 is 1.36 bits per heavy atom. The summed E-state index contributed by atoms with van der Waals surface area (Å²) in [6.07, 6.45) is 0.780. The molecular weight excluding hydrogens is 351 g/mol. The highest BCUT2D eigenvalue weighted by Gasteiger charge is 2.17. The number of hydrogen-bond acceptors (Lipinski definition) is 6. The van der Waals surface area contributed by atoms with Gasteiger partial charge in [-0.1, -0.05) is 6.92 Å². The van der Waals surface area contributed by atoms with E-state index in [1.807, 2.05) is 13.8 Å². The standard InChI is InChI=1S/C16H15FN2O5S/c1-3-10-6-14(25-9(10)2)16(21)24-8-15(20)18-13-7-11(19(22)23)4-5-12(13)17/h4-7H,3,8H2,1-2H3,(H,18,20). The van der Waals surface area contributed by atoms with Gasteiger partial charge in [0.15, 0.2) is 6.61 Å². The number of amides is 1. The summed E-state index contributed by atoms with van der Waals surface area (Å²) in [5.74, 6) is -2.27. The van der Waals surface area contributed by atoms with E-state index in [4.69, 9.17) is 4.74 Å². The lowest BCUT2D eigenvalue weighted by Gasteiger charge is -2.07. The van der Waals surface area contributed by atoms with Crippen LogP contribution >= 0.6 is 11.3 Å². The Morgan fingerprint density at radius 2 is 2.08 bits per heavy atom. The second kappa shape index (κ2) is 7.84. The summed E-state index contributed by atoms with van der Waals surface area (Å²) in [5.41, 5.74) is 0.311. The number of carbonyl (C=O) groups excluding carboxylic acids is 2. The zero-order valence-electron chi connectivity index (χ0n) is 13.5. The number of nitro benzene ring substituents is 1. The van der Waals surface area contributed by atoms with E-state index in [2.05, 4.69) is 5.32 Å². The van der Waals surface area contributed by atoms with Gasteiger partial charge >= 0.3 is 5.97 Å². The van der Waals surface area contributed by atoms with Crippen LogP contribution in [0.1, 0.15) is 27.0 Å². The third-order valence-corrected chi connectivity index (χ3v) is 4.44. The number of halogens is 1. The van der Waals surface area contributed by atoms with Crippen molar-refractivity contribution in [1.29, 1.82) is 0 Å². The lowest BCUT2D eigenvalue weighted by molar-refractivity contribution is -0.384. The largest absolute Gasteiger partial charge is 0.451 e. The van der Waals surface area contributed by atoms with Crippen molar-refractivity contribution < 1.29 is 23.6 Å². The monoisotopic (exact) mass is 366 g/mol. The highest BCUT2D eigenvalue weighted by Crippen LogP contribution is 2.23. The summed E-state index contributed by atoms with van der Waals surface area (Å²) < 4.78 is 18.5. The molecule has 0 aliphatic heterocycles. The molecule has 0 unspecified atom stereocenters. The normalized spacial score (nSPS) is 10.4. The first-order valence-corrected chi connectivity index (χ1v) is 8.13. The number of nitro groups is 1. The second-order valence-electron chi connectivity index (χ2n) is 5.09. The van der Waals surface area contributed by atoms with E-state index in [1.54, 1.807) is 6.07 Å². The summed E-state index contributed by atoms with van der Waals surface area (Å²) in [5, 5.41) is 12.8. The Balaban J connectivity index is 1.97. The molecule has 0 aliphatic rings. The molecule has 0 aliphatic carbocycles.